The van der Waals surface area contributed by atoms with Gasteiger partial charge in [0.25, 0.3) is 5.91 Å². The van der Waals surface area contributed by atoms with Crippen molar-refractivity contribution in [1.29, 1.82) is 0 Å². The molecule has 9 heteroatoms. The predicted octanol–water partition coefficient (Wildman–Crippen LogP) is 2.50. The molecule has 0 bridgehead atoms. The van der Waals surface area contributed by atoms with Crippen molar-refractivity contribution in [2.45, 2.75) is 4.90 Å². The maximum absolute atomic E-state index is 13.0. The highest BCUT2D eigenvalue weighted by Crippen LogP contribution is 2.31. The van der Waals surface area contributed by atoms with Crippen LogP contribution in [0.2, 0.25) is 5.02 Å². The van der Waals surface area contributed by atoms with Crippen molar-refractivity contribution in [2.75, 3.05) is 40.4 Å². The van der Waals surface area contributed by atoms with Crippen LogP contribution in [0.25, 0.3) is 0 Å². The summed E-state index contributed by atoms with van der Waals surface area (Å²) in [6.45, 7) is 1.06. The van der Waals surface area contributed by atoms with Crippen molar-refractivity contribution in [1.82, 2.24) is 9.21 Å². The highest BCUT2D eigenvalue weighted by atomic mass is 35.5. The van der Waals surface area contributed by atoms with Crippen molar-refractivity contribution in [3.8, 4) is 11.5 Å². The minimum Gasteiger partial charge on any atom is -0.493 e. The quantitative estimate of drug-likeness (QED) is 0.737. The molecule has 1 aliphatic heterocycles. The molecule has 0 aromatic heterocycles. The average Bonchev–Trinajstić information content (AvgIpc) is 2.73. The molecule has 2 aromatic carbocycles. The highest BCUT2D eigenvalue weighted by Gasteiger charge is 2.31. The van der Waals surface area contributed by atoms with Crippen LogP contribution in [0.4, 0.5) is 0 Å². The van der Waals surface area contributed by atoms with E-state index in [4.69, 9.17) is 21.1 Å². The van der Waals surface area contributed by atoms with Gasteiger partial charge in [0, 0.05) is 42.8 Å². The lowest BCUT2D eigenvalue weighted by Crippen LogP contribution is -2.50. The van der Waals surface area contributed by atoms with E-state index in [1.165, 1.54) is 30.7 Å². The first kappa shape index (κ1) is 20.4. The van der Waals surface area contributed by atoms with Crippen molar-refractivity contribution < 1.29 is 22.7 Å². The molecule has 3 rings (SSSR count). The minimum atomic E-state index is -3.70. The van der Waals surface area contributed by atoms with Gasteiger partial charge in [0.2, 0.25) is 10.0 Å². The Morgan fingerprint density at radius 3 is 2.11 bits per heavy atom. The van der Waals surface area contributed by atoms with Gasteiger partial charge >= 0.3 is 0 Å². The summed E-state index contributed by atoms with van der Waals surface area (Å²) in [7, 11) is -0.754. The summed E-state index contributed by atoms with van der Waals surface area (Å²) in [5, 5.41) is 0.558. The van der Waals surface area contributed by atoms with Crippen LogP contribution in [0.3, 0.4) is 0 Å². The number of sulfonamides is 1. The molecule has 1 fully saturated rings. The molecular formula is C19H21ClN2O5S. The second-order valence-corrected chi connectivity index (χ2v) is 8.59. The van der Waals surface area contributed by atoms with Gasteiger partial charge in [0.1, 0.15) is 0 Å². The predicted molar refractivity (Wildman–Crippen MR) is 106 cm³/mol. The Morgan fingerprint density at radius 2 is 1.54 bits per heavy atom. The SMILES string of the molecule is COc1ccc(S(=O)(=O)N2CCN(C(=O)c3ccc(Cl)cc3)CC2)cc1OC. The van der Waals surface area contributed by atoms with E-state index in [-0.39, 0.29) is 23.9 Å². The molecule has 0 spiro atoms. The van der Waals surface area contributed by atoms with Crippen molar-refractivity contribution in [2.24, 2.45) is 0 Å². The number of amides is 1. The molecule has 7 nitrogen and oxygen atoms in total. The molecule has 2 aromatic rings. The van der Waals surface area contributed by atoms with Gasteiger partial charge in [-0.15, -0.1) is 0 Å². The summed E-state index contributed by atoms with van der Waals surface area (Å²) in [6.07, 6.45) is 0. The number of hydrogen-bond acceptors (Lipinski definition) is 5. The van der Waals surface area contributed by atoms with Gasteiger partial charge in [0.05, 0.1) is 19.1 Å². The lowest BCUT2D eigenvalue weighted by atomic mass is 10.2. The smallest absolute Gasteiger partial charge is 0.253 e. The zero-order valence-corrected chi connectivity index (χ0v) is 17.2. The molecule has 0 unspecified atom stereocenters. The van der Waals surface area contributed by atoms with E-state index in [1.807, 2.05) is 0 Å². The fourth-order valence-electron chi connectivity index (χ4n) is 3.03. The summed E-state index contributed by atoms with van der Waals surface area (Å²) in [4.78, 5) is 14.3. The highest BCUT2D eigenvalue weighted by molar-refractivity contribution is 7.89. The number of nitrogens with zero attached hydrogens (tertiary/aromatic N) is 2. The summed E-state index contributed by atoms with van der Waals surface area (Å²) >= 11 is 5.86. The number of carbonyl (C=O) groups is 1. The number of benzene rings is 2. The first-order valence-electron chi connectivity index (χ1n) is 8.64. The number of piperazine rings is 1. The molecule has 1 heterocycles. The molecule has 1 amide bonds. The largest absolute Gasteiger partial charge is 0.493 e. The maximum atomic E-state index is 13.0. The molecule has 0 radical (unpaired) electrons. The standard InChI is InChI=1S/C19H21ClN2O5S/c1-26-17-8-7-16(13-18(17)27-2)28(24,25)22-11-9-21(10-12-22)19(23)14-3-5-15(20)6-4-14/h3-8,13H,9-12H2,1-2H3. The van der Waals surface area contributed by atoms with Gasteiger partial charge < -0.3 is 14.4 Å². The number of rotatable bonds is 5. The first-order valence-corrected chi connectivity index (χ1v) is 10.5. The Bertz CT molecular complexity index is 955. The number of methoxy groups -OCH3 is 2. The van der Waals surface area contributed by atoms with Crippen LogP contribution >= 0.6 is 11.6 Å². The summed E-state index contributed by atoms with van der Waals surface area (Å²) in [5.74, 6) is 0.666. The average molecular weight is 425 g/mol. The van der Waals surface area contributed by atoms with E-state index in [0.717, 1.165) is 0 Å². The van der Waals surface area contributed by atoms with Crippen LogP contribution in [0.1, 0.15) is 10.4 Å². The van der Waals surface area contributed by atoms with Crippen LogP contribution in [0, 0.1) is 0 Å². The van der Waals surface area contributed by atoms with Crippen LogP contribution in [0.15, 0.2) is 47.4 Å². The Kier molecular flexibility index (Phi) is 6.12. The normalized spacial score (nSPS) is 15.3. The number of carbonyl (C=O) groups excluding carboxylic acids is 1. The molecule has 1 aliphatic rings. The van der Waals surface area contributed by atoms with Crippen LogP contribution in [-0.4, -0.2) is 63.9 Å². The monoisotopic (exact) mass is 424 g/mol. The van der Waals surface area contributed by atoms with E-state index in [0.29, 0.717) is 35.2 Å². The molecule has 0 aliphatic carbocycles. The second-order valence-electron chi connectivity index (χ2n) is 6.22. The minimum absolute atomic E-state index is 0.127. The van der Waals surface area contributed by atoms with Gasteiger partial charge in [-0.2, -0.15) is 4.31 Å². The van der Waals surface area contributed by atoms with Crippen molar-refractivity contribution >= 4 is 27.5 Å². The molecule has 28 heavy (non-hydrogen) atoms. The zero-order valence-electron chi connectivity index (χ0n) is 15.6. The Balaban J connectivity index is 1.71. The number of halogens is 1. The lowest BCUT2D eigenvalue weighted by molar-refractivity contribution is 0.0698. The van der Waals surface area contributed by atoms with E-state index >= 15 is 0 Å². The Hall–Kier alpha value is -2.29. The van der Waals surface area contributed by atoms with Gasteiger partial charge in [-0.05, 0) is 36.4 Å². The lowest BCUT2D eigenvalue weighted by Gasteiger charge is -2.34. The van der Waals surface area contributed by atoms with Gasteiger partial charge in [-0.25, -0.2) is 8.42 Å². The summed E-state index contributed by atoms with van der Waals surface area (Å²) < 4.78 is 37.6. The van der Waals surface area contributed by atoms with Crippen LogP contribution in [-0.2, 0) is 10.0 Å². The number of hydrogen-bond donors (Lipinski definition) is 0. The Morgan fingerprint density at radius 1 is 0.929 bits per heavy atom. The van der Waals surface area contributed by atoms with Crippen LogP contribution in [0.5, 0.6) is 11.5 Å². The molecule has 150 valence electrons. The van der Waals surface area contributed by atoms with Crippen molar-refractivity contribution in [3.63, 3.8) is 0 Å². The molecule has 0 N–H and O–H groups in total. The third kappa shape index (κ3) is 4.09. The third-order valence-electron chi connectivity index (χ3n) is 4.61. The number of ether oxygens (including phenoxy) is 2. The second kappa shape index (κ2) is 8.38. The summed E-state index contributed by atoms with van der Waals surface area (Å²) in [6, 6.07) is 11.1. The third-order valence-corrected chi connectivity index (χ3v) is 6.76. The fourth-order valence-corrected chi connectivity index (χ4v) is 4.60. The van der Waals surface area contributed by atoms with Crippen LogP contribution < -0.4 is 9.47 Å². The maximum Gasteiger partial charge on any atom is 0.253 e. The van der Waals surface area contributed by atoms with E-state index in [2.05, 4.69) is 0 Å². The van der Waals surface area contributed by atoms with E-state index < -0.39 is 10.0 Å². The molecule has 1 saturated heterocycles. The first-order chi connectivity index (χ1) is 13.4. The van der Waals surface area contributed by atoms with E-state index in [1.54, 1.807) is 35.2 Å². The zero-order chi connectivity index (χ0) is 20.3. The van der Waals surface area contributed by atoms with Gasteiger partial charge in [-0.3, -0.25) is 4.79 Å². The van der Waals surface area contributed by atoms with Gasteiger partial charge in [0.15, 0.2) is 11.5 Å². The Labute approximate surface area is 169 Å². The molecular weight excluding hydrogens is 404 g/mol. The molecule has 0 saturated carbocycles. The fraction of sp³-hybridized carbons (Fsp3) is 0.316. The van der Waals surface area contributed by atoms with E-state index in [9.17, 15) is 13.2 Å². The topological polar surface area (TPSA) is 76.2 Å². The van der Waals surface area contributed by atoms with Crippen molar-refractivity contribution in [3.05, 3.63) is 53.1 Å². The van der Waals surface area contributed by atoms with Gasteiger partial charge in [-0.1, -0.05) is 11.6 Å². The molecule has 0 atom stereocenters. The summed E-state index contributed by atoms with van der Waals surface area (Å²) in [5.41, 5.74) is 0.528.